The fraction of sp³-hybridized carbons (Fsp3) is 0.361. The Hall–Kier alpha value is -4.27. The smallest absolute Gasteiger partial charge is 0.321 e. The van der Waals surface area contributed by atoms with Gasteiger partial charge >= 0.3 is 11.9 Å². The van der Waals surface area contributed by atoms with Gasteiger partial charge in [0.25, 0.3) is 0 Å². The molecular weight excluding hydrogens is 623 g/mol. The summed E-state index contributed by atoms with van der Waals surface area (Å²) in [5.74, 6) is -3.01. The van der Waals surface area contributed by atoms with Crippen molar-refractivity contribution in [2.24, 2.45) is 17.8 Å². The first-order valence-electron chi connectivity index (χ1n) is 15.2. The number of carbonyl (C=O) groups excluding carboxylic acids is 3. The second-order valence-corrected chi connectivity index (χ2v) is 11.9. The molecule has 0 N–H and O–H groups in total. The van der Waals surface area contributed by atoms with Gasteiger partial charge in [-0.1, -0.05) is 72.6 Å². The Morgan fingerprint density at radius 2 is 1.63 bits per heavy atom. The molecule has 1 fully saturated rings. The SMILES string of the molecule is C=Cc1c2[n-]c(c1C)/C=C1\[N-]/C(=C3\c4[n-]c(c(C)c4C(=O)C3C(=O)OC)/C=c3\[n-]/c(c(C)c3CC)=C\2)C(CCC(=O)OC)C1C.[Mn]. The first-order valence-corrected chi connectivity index (χ1v) is 15.2. The van der Waals surface area contributed by atoms with Gasteiger partial charge in [-0.05, 0) is 51.0 Å². The number of hydrogen-bond acceptors (Lipinski definition) is 5. The Morgan fingerprint density at radius 3 is 2.28 bits per heavy atom. The quantitative estimate of drug-likeness (QED) is 0.221. The van der Waals surface area contributed by atoms with Crippen LogP contribution in [0.15, 0.2) is 18.0 Å². The number of fused-ring (bicyclic) bond motifs is 7. The van der Waals surface area contributed by atoms with Crippen molar-refractivity contribution >= 4 is 47.6 Å². The van der Waals surface area contributed by atoms with Crippen LogP contribution in [0.4, 0.5) is 0 Å². The summed E-state index contributed by atoms with van der Waals surface area (Å²) < 4.78 is 10.1. The molecule has 3 aliphatic rings. The monoisotopic (exact) mass is 659 g/mol. The molecule has 3 unspecified atom stereocenters. The molecule has 3 atom stereocenters. The van der Waals surface area contributed by atoms with Crippen LogP contribution in [0.2, 0.25) is 0 Å². The number of carbonyl (C=O) groups is 3. The molecule has 3 aromatic heterocycles. The molecule has 3 aromatic rings. The van der Waals surface area contributed by atoms with Crippen molar-refractivity contribution in [2.75, 3.05) is 14.2 Å². The Balaban J connectivity index is 0.00000417. The zero-order valence-electron chi connectivity index (χ0n) is 27.1. The van der Waals surface area contributed by atoms with E-state index in [4.69, 9.17) is 29.7 Å². The number of ether oxygens (including phenoxy) is 2. The predicted octanol–water partition coefficient (Wildman–Crippen LogP) is 3.99. The van der Waals surface area contributed by atoms with E-state index in [1.807, 2.05) is 45.1 Å². The summed E-state index contributed by atoms with van der Waals surface area (Å²) in [6.07, 6.45) is 9.00. The van der Waals surface area contributed by atoms with E-state index in [0.29, 0.717) is 40.2 Å². The number of methoxy groups -OCH3 is 2. The van der Waals surface area contributed by atoms with E-state index < -0.39 is 11.9 Å². The molecule has 46 heavy (non-hydrogen) atoms. The van der Waals surface area contributed by atoms with Gasteiger partial charge in [-0.3, -0.25) is 14.4 Å². The molecule has 1 radical (unpaired) electrons. The summed E-state index contributed by atoms with van der Waals surface area (Å²) in [6, 6.07) is 0. The zero-order valence-corrected chi connectivity index (χ0v) is 28.3. The van der Waals surface area contributed by atoms with Crippen molar-refractivity contribution in [3.63, 3.8) is 0 Å². The van der Waals surface area contributed by atoms with E-state index >= 15 is 0 Å². The van der Waals surface area contributed by atoms with Crippen LogP contribution in [-0.4, -0.2) is 31.9 Å². The number of Topliss-reactive ketones (excluding diaryl/α,β-unsaturated/α-hetero) is 1. The first-order chi connectivity index (χ1) is 21.5. The summed E-state index contributed by atoms with van der Waals surface area (Å²) in [4.78, 5) is 54.6. The molecule has 8 bridgehead atoms. The van der Waals surface area contributed by atoms with Crippen LogP contribution in [-0.2, 0) is 42.6 Å². The van der Waals surface area contributed by atoms with Crippen molar-refractivity contribution in [2.45, 2.75) is 53.9 Å². The fourth-order valence-corrected chi connectivity index (χ4v) is 7.02. The minimum Gasteiger partial charge on any atom is -0.664 e. The molecule has 241 valence electrons. The third kappa shape index (κ3) is 5.04. The molecule has 10 heteroatoms. The molecule has 2 aliphatic heterocycles. The normalized spacial score (nSPS) is 23.7. The van der Waals surface area contributed by atoms with E-state index in [2.05, 4.69) is 20.4 Å². The third-order valence-corrected chi connectivity index (χ3v) is 9.63. The molecule has 0 aromatic carbocycles. The minimum absolute atomic E-state index is 0. The first kappa shape index (κ1) is 33.1. The molecule has 5 heterocycles. The summed E-state index contributed by atoms with van der Waals surface area (Å²) in [7, 11) is 2.63. The van der Waals surface area contributed by atoms with Crippen molar-refractivity contribution in [1.29, 1.82) is 0 Å². The number of esters is 2. The van der Waals surface area contributed by atoms with E-state index in [1.54, 1.807) is 0 Å². The van der Waals surface area contributed by atoms with E-state index in [9.17, 15) is 14.4 Å². The van der Waals surface area contributed by atoms with Gasteiger partial charge in [0, 0.05) is 29.1 Å². The van der Waals surface area contributed by atoms with Gasteiger partial charge in [0.2, 0.25) is 0 Å². The molecule has 0 amide bonds. The van der Waals surface area contributed by atoms with Gasteiger partial charge in [0.1, 0.15) is 5.92 Å². The van der Waals surface area contributed by atoms with Gasteiger partial charge in [-0.2, -0.15) is 11.4 Å². The van der Waals surface area contributed by atoms with Crippen LogP contribution >= 0.6 is 0 Å². The van der Waals surface area contributed by atoms with Gasteiger partial charge in [-0.25, -0.2) is 0 Å². The Morgan fingerprint density at radius 1 is 0.935 bits per heavy atom. The minimum atomic E-state index is -1.20. The van der Waals surface area contributed by atoms with Crippen LogP contribution < -0.4 is 25.7 Å². The molecule has 1 aliphatic carbocycles. The van der Waals surface area contributed by atoms with Crippen molar-refractivity contribution in [3.05, 3.63) is 90.1 Å². The molecular formula is C36H36MnN4O5-4. The molecule has 6 rings (SSSR count). The standard InChI is InChI=1S/C36H37N4O5.Mn/c1-9-20-16(3)23-13-25-18(5)22(11-12-29(41)44-7)33(39-25)31-32(36(43)45-8)35(42)30-19(6)26(40-34(30)31)15-28-21(10-2)17(4)24(38-28)14-27(20)37-23;/h9,13-15,18,22,32H,1,10-12H2,2-8H3,(H-,39,40,42);/q-3;/p-1/b24-14-,25-13-,28-15-;. The van der Waals surface area contributed by atoms with Crippen LogP contribution in [0.3, 0.4) is 0 Å². The number of hydrogen-bond donors (Lipinski definition) is 0. The van der Waals surface area contributed by atoms with Gasteiger partial charge in [0.15, 0.2) is 5.78 Å². The van der Waals surface area contributed by atoms with Crippen LogP contribution in [0, 0.1) is 38.5 Å². The van der Waals surface area contributed by atoms with E-state index in [-0.39, 0.29) is 47.1 Å². The largest absolute Gasteiger partial charge is 0.664 e. The number of aromatic nitrogens is 3. The average Bonchev–Trinajstić information content (AvgIpc) is 3.76. The molecule has 1 saturated heterocycles. The Bertz CT molecular complexity index is 1990. The summed E-state index contributed by atoms with van der Waals surface area (Å²) in [5.41, 5.74) is 9.40. The number of allylic oxidation sites excluding steroid dienone is 2. The van der Waals surface area contributed by atoms with Crippen molar-refractivity contribution < 1.29 is 40.9 Å². The molecule has 0 saturated carbocycles. The van der Waals surface area contributed by atoms with Crippen molar-refractivity contribution in [1.82, 2.24) is 15.0 Å². The summed E-state index contributed by atoms with van der Waals surface area (Å²) in [6.45, 7) is 14.1. The zero-order chi connectivity index (χ0) is 32.3. The average molecular weight is 660 g/mol. The molecule has 0 spiro atoms. The summed E-state index contributed by atoms with van der Waals surface area (Å²) in [5, 5.41) is 6.70. The maximum atomic E-state index is 14.0. The van der Waals surface area contributed by atoms with E-state index in [0.717, 1.165) is 56.5 Å². The second kappa shape index (κ2) is 12.5. The summed E-state index contributed by atoms with van der Waals surface area (Å²) >= 11 is 0. The van der Waals surface area contributed by atoms with Gasteiger partial charge in [-0.15, -0.1) is 33.5 Å². The van der Waals surface area contributed by atoms with Gasteiger partial charge < -0.3 is 29.7 Å². The maximum Gasteiger partial charge on any atom is 0.321 e. The van der Waals surface area contributed by atoms with Crippen LogP contribution in [0.5, 0.6) is 0 Å². The topological polar surface area (TPSA) is 126 Å². The molecule has 9 nitrogen and oxygen atoms in total. The second-order valence-electron chi connectivity index (χ2n) is 11.9. The van der Waals surface area contributed by atoms with Crippen LogP contribution in [0.1, 0.15) is 87.6 Å². The van der Waals surface area contributed by atoms with E-state index in [1.165, 1.54) is 14.2 Å². The Kier molecular flexibility index (Phi) is 8.99. The number of nitrogens with zero attached hydrogens (tertiary/aromatic N) is 4. The van der Waals surface area contributed by atoms with Gasteiger partial charge in [0.05, 0.1) is 14.2 Å². The predicted molar refractivity (Wildman–Crippen MR) is 171 cm³/mol. The maximum absolute atomic E-state index is 14.0. The number of rotatable bonds is 6. The Labute approximate surface area is 278 Å². The van der Waals surface area contributed by atoms with Crippen LogP contribution in [0.25, 0.3) is 35.2 Å². The number of ketones is 1. The fourth-order valence-electron chi connectivity index (χ4n) is 7.02. The third-order valence-electron chi connectivity index (χ3n) is 9.63. The van der Waals surface area contributed by atoms with Crippen molar-refractivity contribution in [3.8, 4) is 0 Å².